The second-order valence-corrected chi connectivity index (χ2v) is 5.91. The predicted octanol–water partition coefficient (Wildman–Crippen LogP) is 3.00. The highest BCUT2D eigenvalue weighted by Crippen LogP contribution is 2.27. The fraction of sp³-hybridized carbons (Fsp3) is 0.588. The maximum Gasteiger partial charge on any atom is 0.338 e. The molecule has 0 saturated carbocycles. The molecule has 0 radical (unpaired) electrons. The highest BCUT2D eigenvalue weighted by atomic mass is 16.5. The normalized spacial score (nSPS) is 23.5. The Morgan fingerprint density at radius 2 is 2.29 bits per heavy atom. The number of benzene rings is 1. The molecule has 0 aliphatic carbocycles. The van der Waals surface area contributed by atoms with Crippen LogP contribution in [0.1, 0.15) is 49.0 Å². The lowest BCUT2D eigenvalue weighted by Crippen LogP contribution is -2.47. The minimum atomic E-state index is -0.228. The van der Waals surface area contributed by atoms with Crippen LogP contribution in [0.2, 0.25) is 0 Å². The number of rotatable bonds is 4. The fourth-order valence-electron chi connectivity index (χ4n) is 3.42. The number of hydrogen-bond acceptors (Lipinski definition) is 4. The van der Waals surface area contributed by atoms with Crippen LogP contribution in [0.4, 0.5) is 0 Å². The monoisotopic (exact) mass is 289 g/mol. The zero-order chi connectivity index (χ0) is 14.8. The van der Waals surface area contributed by atoms with Crippen molar-refractivity contribution >= 4 is 5.97 Å². The highest BCUT2D eigenvalue weighted by molar-refractivity contribution is 5.93. The molecular weight excluding hydrogens is 266 g/mol. The standard InChI is InChI=1S/C17H23NO3/c1-3-18-9-5-4-6-16(18)12(2)21-14-7-8-15-13(10-14)11-20-17(15)19/h7-8,10,12,16H,3-6,9,11H2,1-2H3/t12-,16+/m0/s1. The number of fused-ring (bicyclic) bond motifs is 1. The van der Waals surface area contributed by atoms with Gasteiger partial charge in [-0.1, -0.05) is 13.3 Å². The van der Waals surface area contributed by atoms with Crippen molar-refractivity contribution in [1.82, 2.24) is 4.90 Å². The lowest BCUT2D eigenvalue weighted by atomic mass is 9.98. The van der Waals surface area contributed by atoms with E-state index in [0.717, 1.165) is 17.9 Å². The third kappa shape index (κ3) is 2.91. The molecule has 1 saturated heterocycles. The molecule has 3 rings (SSSR count). The maximum absolute atomic E-state index is 11.5. The summed E-state index contributed by atoms with van der Waals surface area (Å²) in [5, 5.41) is 0. The molecule has 0 spiro atoms. The third-order valence-corrected chi connectivity index (χ3v) is 4.59. The van der Waals surface area contributed by atoms with Gasteiger partial charge in [0, 0.05) is 11.6 Å². The first-order valence-corrected chi connectivity index (χ1v) is 7.90. The quantitative estimate of drug-likeness (QED) is 0.799. The summed E-state index contributed by atoms with van der Waals surface area (Å²) >= 11 is 0. The van der Waals surface area contributed by atoms with Crippen LogP contribution in [0.15, 0.2) is 18.2 Å². The number of carbonyl (C=O) groups excluding carboxylic acids is 1. The number of likely N-dealkylation sites (N-methyl/N-ethyl adjacent to an activating group) is 1. The first-order valence-electron chi connectivity index (χ1n) is 7.90. The van der Waals surface area contributed by atoms with E-state index in [-0.39, 0.29) is 12.1 Å². The summed E-state index contributed by atoms with van der Waals surface area (Å²) in [5.41, 5.74) is 1.60. The van der Waals surface area contributed by atoms with Crippen LogP contribution >= 0.6 is 0 Å². The van der Waals surface area contributed by atoms with Crippen LogP contribution in [-0.2, 0) is 11.3 Å². The van der Waals surface area contributed by atoms with Gasteiger partial charge in [0.15, 0.2) is 0 Å². The highest BCUT2D eigenvalue weighted by Gasteiger charge is 2.28. The molecule has 0 aromatic heterocycles. The maximum atomic E-state index is 11.5. The molecule has 2 heterocycles. The number of piperidine rings is 1. The average Bonchev–Trinajstić information content (AvgIpc) is 2.88. The number of cyclic esters (lactones) is 1. The fourth-order valence-corrected chi connectivity index (χ4v) is 3.42. The van der Waals surface area contributed by atoms with Crippen LogP contribution in [0, 0.1) is 0 Å². The number of carbonyl (C=O) groups is 1. The van der Waals surface area contributed by atoms with Gasteiger partial charge in [-0.25, -0.2) is 4.79 Å². The number of nitrogens with zero attached hydrogens (tertiary/aromatic N) is 1. The van der Waals surface area contributed by atoms with Crippen LogP contribution < -0.4 is 4.74 Å². The Hall–Kier alpha value is -1.55. The van der Waals surface area contributed by atoms with Gasteiger partial charge in [0.25, 0.3) is 0 Å². The first kappa shape index (κ1) is 14.4. The van der Waals surface area contributed by atoms with Crippen LogP contribution in [-0.4, -0.2) is 36.1 Å². The minimum Gasteiger partial charge on any atom is -0.489 e. The van der Waals surface area contributed by atoms with Gasteiger partial charge in [-0.15, -0.1) is 0 Å². The number of ether oxygens (including phenoxy) is 2. The lowest BCUT2D eigenvalue weighted by Gasteiger charge is -2.38. The van der Waals surface area contributed by atoms with Crippen molar-refractivity contribution in [2.45, 2.75) is 51.9 Å². The molecule has 4 nitrogen and oxygen atoms in total. The van der Waals surface area contributed by atoms with Gasteiger partial charge in [0.1, 0.15) is 18.5 Å². The molecule has 0 amide bonds. The van der Waals surface area contributed by atoms with E-state index in [2.05, 4.69) is 18.7 Å². The van der Waals surface area contributed by atoms with Gasteiger partial charge in [0.05, 0.1) is 5.56 Å². The Morgan fingerprint density at radius 3 is 3.10 bits per heavy atom. The van der Waals surface area contributed by atoms with Gasteiger partial charge < -0.3 is 9.47 Å². The number of hydrogen-bond donors (Lipinski definition) is 0. The van der Waals surface area contributed by atoms with Crippen molar-refractivity contribution < 1.29 is 14.3 Å². The van der Waals surface area contributed by atoms with Crippen molar-refractivity contribution in [3.8, 4) is 5.75 Å². The summed E-state index contributed by atoms with van der Waals surface area (Å²) in [6, 6.07) is 6.11. The van der Waals surface area contributed by atoms with Crippen molar-refractivity contribution in [2.75, 3.05) is 13.1 Å². The van der Waals surface area contributed by atoms with Crippen molar-refractivity contribution in [2.24, 2.45) is 0 Å². The average molecular weight is 289 g/mol. The Bertz CT molecular complexity index is 529. The molecule has 114 valence electrons. The third-order valence-electron chi connectivity index (χ3n) is 4.59. The van der Waals surface area contributed by atoms with Gasteiger partial charge in [-0.3, -0.25) is 4.90 Å². The van der Waals surface area contributed by atoms with Gasteiger partial charge in [-0.2, -0.15) is 0 Å². The summed E-state index contributed by atoms with van der Waals surface area (Å²) in [6.45, 7) is 6.97. The summed E-state index contributed by atoms with van der Waals surface area (Å²) in [4.78, 5) is 14.0. The number of esters is 1. The van der Waals surface area contributed by atoms with Crippen LogP contribution in [0.25, 0.3) is 0 Å². The molecule has 21 heavy (non-hydrogen) atoms. The molecule has 0 bridgehead atoms. The van der Waals surface area contributed by atoms with E-state index in [1.807, 2.05) is 18.2 Å². The van der Waals surface area contributed by atoms with Gasteiger partial charge >= 0.3 is 5.97 Å². The van der Waals surface area contributed by atoms with E-state index in [0.29, 0.717) is 18.2 Å². The predicted molar refractivity (Wildman–Crippen MR) is 80.5 cm³/mol. The summed E-state index contributed by atoms with van der Waals surface area (Å²) in [6.07, 6.45) is 3.92. The van der Waals surface area contributed by atoms with Gasteiger partial charge in [-0.05, 0) is 51.1 Å². The molecule has 2 aliphatic rings. The Labute approximate surface area is 126 Å². The van der Waals surface area contributed by atoms with Gasteiger partial charge in [0.2, 0.25) is 0 Å². The van der Waals surface area contributed by atoms with E-state index in [1.165, 1.54) is 25.8 Å². The van der Waals surface area contributed by atoms with E-state index >= 15 is 0 Å². The van der Waals surface area contributed by atoms with Crippen molar-refractivity contribution in [1.29, 1.82) is 0 Å². The smallest absolute Gasteiger partial charge is 0.338 e. The van der Waals surface area contributed by atoms with E-state index in [9.17, 15) is 4.79 Å². The molecule has 1 fully saturated rings. The summed E-state index contributed by atoms with van der Waals surface area (Å²) in [7, 11) is 0. The molecule has 1 aromatic rings. The molecule has 0 unspecified atom stereocenters. The topological polar surface area (TPSA) is 38.8 Å². The van der Waals surface area contributed by atoms with Crippen molar-refractivity contribution in [3.63, 3.8) is 0 Å². The zero-order valence-corrected chi connectivity index (χ0v) is 12.8. The Morgan fingerprint density at radius 1 is 1.43 bits per heavy atom. The molecule has 4 heteroatoms. The number of likely N-dealkylation sites (tertiary alicyclic amines) is 1. The second-order valence-electron chi connectivity index (χ2n) is 5.91. The van der Waals surface area contributed by atoms with E-state index in [4.69, 9.17) is 9.47 Å². The SMILES string of the molecule is CCN1CCCC[C@@H]1[C@H](C)Oc1ccc2c(c1)COC2=O. The molecule has 2 aliphatic heterocycles. The minimum absolute atomic E-state index is 0.154. The van der Waals surface area contributed by atoms with Crippen LogP contribution in [0.5, 0.6) is 5.75 Å². The van der Waals surface area contributed by atoms with E-state index in [1.54, 1.807) is 0 Å². The Balaban J connectivity index is 1.69. The molecule has 0 N–H and O–H groups in total. The van der Waals surface area contributed by atoms with Crippen molar-refractivity contribution in [3.05, 3.63) is 29.3 Å². The molecular formula is C17H23NO3. The second kappa shape index (κ2) is 6.06. The lowest BCUT2D eigenvalue weighted by molar-refractivity contribution is 0.0529. The summed E-state index contributed by atoms with van der Waals surface area (Å²) in [5.74, 6) is 0.607. The van der Waals surface area contributed by atoms with Crippen LogP contribution in [0.3, 0.4) is 0 Å². The molecule has 1 aromatic carbocycles. The largest absolute Gasteiger partial charge is 0.489 e. The summed E-state index contributed by atoms with van der Waals surface area (Å²) < 4.78 is 11.2. The molecule has 2 atom stereocenters. The van der Waals surface area contributed by atoms with E-state index < -0.39 is 0 Å². The first-order chi connectivity index (χ1) is 10.2. The Kier molecular flexibility index (Phi) is 4.15. The zero-order valence-electron chi connectivity index (χ0n) is 12.8.